The Morgan fingerprint density at radius 1 is 1.43 bits per heavy atom. The molecule has 1 aliphatic rings. The van der Waals surface area contributed by atoms with E-state index < -0.39 is 0 Å². The normalized spacial score (nSPS) is 42.0. The SMILES string of the molecule is ClC1CCC(I)C1. The van der Waals surface area contributed by atoms with E-state index in [0.717, 1.165) is 3.92 Å². The molecule has 7 heavy (non-hydrogen) atoms. The van der Waals surface area contributed by atoms with Crippen LogP contribution in [0, 0.1) is 0 Å². The predicted molar refractivity (Wildman–Crippen MR) is 41.3 cm³/mol. The molecule has 2 unspecified atom stereocenters. The van der Waals surface area contributed by atoms with Gasteiger partial charge in [0.2, 0.25) is 0 Å². The van der Waals surface area contributed by atoms with Gasteiger partial charge in [-0.1, -0.05) is 22.6 Å². The third kappa shape index (κ3) is 1.76. The Labute approximate surface area is 62.8 Å². The first kappa shape index (κ1) is 6.14. The van der Waals surface area contributed by atoms with Gasteiger partial charge in [-0.2, -0.15) is 0 Å². The van der Waals surface area contributed by atoms with Gasteiger partial charge in [0.25, 0.3) is 0 Å². The molecule has 0 N–H and O–H groups in total. The van der Waals surface area contributed by atoms with Gasteiger partial charge in [-0.3, -0.25) is 0 Å². The van der Waals surface area contributed by atoms with Crippen molar-refractivity contribution in [1.29, 1.82) is 0 Å². The summed E-state index contributed by atoms with van der Waals surface area (Å²) in [6.07, 6.45) is 3.78. The first-order valence-corrected chi connectivity index (χ1v) is 4.25. The van der Waals surface area contributed by atoms with Gasteiger partial charge < -0.3 is 0 Å². The highest BCUT2D eigenvalue weighted by atomic mass is 127. The molecule has 0 bridgehead atoms. The Balaban J connectivity index is 2.26. The summed E-state index contributed by atoms with van der Waals surface area (Å²) in [4.78, 5) is 0. The van der Waals surface area contributed by atoms with Crippen LogP contribution in [0.2, 0.25) is 0 Å². The molecule has 0 radical (unpaired) electrons. The van der Waals surface area contributed by atoms with Gasteiger partial charge in [-0.15, -0.1) is 11.6 Å². The van der Waals surface area contributed by atoms with E-state index in [9.17, 15) is 0 Å². The summed E-state index contributed by atoms with van der Waals surface area (Å²) < 4.78 is 0.861. The van der Waals surface area contributed by atoms with Crippen LogP contribution in [0.3, 0.4) is 0 Å². The largest absolute Gasteiger partial charge is 0.123 e. The summed E-state index contributed by atoms with van der Waals surface area (Å²) in [5.41, 5.74) is 0. The predicted octanol–water partition coefficient (Wildman–Crippen LogP) is 2.58. The van der Waals surface area contributed by atoms with Crippen molar-refractivity contribution in [3.63, 3.8) is 0 Å². The Morgan fingerprint density at radius 3 is 2.29 bits per heavy atom. The van der Waals surface area contributed by atoms with Crippen molar-refractivity contribution in [2.24, 2.45) is 0 Å². The molecule has 0 saturated heterocycles. The molecule has 42 valence electrons. The van der Waals surface area contributed by atoms with Crippen LogP contribution in [-0.4, -0.2) is 9.30 Å². The minimum Gasteiger partial charge on any atom is -0.123 e. The monoisotopic (exact) mass is 230 g/mol. The molecule has 0 spiro atoms. The van der Waals surface area contributed by atoms with Crippen molar-refractivity contribution < 1.29 is 0 Å². The van der Waals surface area contributed by atoms with Crippen molar-refractivity contribution in [2.45, 2.75) is 28.6 Å². The molecule has 0 amide bonds. The molecule has 1 fully saturated rings. The average Bonchev–Trinajstić information content (AvgIpc) is 1.87. The molecular weight excluding hydrogens is 222 g/mol. The Kier molecular flexibility index (Phi) is 2.22. The van der Waals surface area contributed by atoms with Crippen LogP contribution in [0.25, 0.3) is 0 Å². The third-order valence-electron chi connectivity index (χ3n) is 1.30. The van der Waals surface area contributed by atoms with Crippen LogP contribution < -0.4 is 0 Å². The lowest BCUT2D eigenvalue weighted by Gasteiger charge is -1.92. The fraction of sp³-hybridized carbons (Fsp3) is 1.00. The number of hydrogen-bond donors (Lipinski definition) is 0. The van der Waals surface area contributed by atoms with Crippen LogP contribution in [0.5, 0.6) is 0 Å². The first-order chi connectivity index (χ1) is 3.29. The van der Waals surface area contributed by atoms with E-state index in [2.05, 4.69) is 22.6 Å². The van der Waals surface area contributed by atoms with E-state index in [4.69, 9.17) is 11.6 Å². The summed E-state index contributed by atoms with van der Waals surface area (Å²) in [5, 5.41) is 0.488. The highest BCUT2D eigenvalue weighted by Crippen LogP contribution is 2.29. The topological polar surface area (TPSA) is 0 Å². The molecule has 0 aromatic carbocycles. The van der Waals surface area contributed by atoms with Crippen molar-refractivity contribution in [2.75, 3.05) is 0 Å². The maximum atomic E-state index is 5.80. The van der Waals surface area contributed by atoms with Crippen LogP contribution in [0.4, 0.5) is 0 Å². The lowest BCUT2D eigenvalue weighted by atomic mass is 10.4. The van der Waals surface area contributed by atoms with E-state index in [1.54, 1.807) is 0 Å². The molecule has 0 aromatic rings. The van der Waals surface area contributed by atoms with Crippen LogP contribution in [0.15, 0.2) is 0 Å². The summed E-state index contributed by atoms with van der Waals surface area (Å²) in [6, 6.07) is 0. The van der Waals surface area contributed by atoms with Crippen molar-refractivity contribution in [1.82, 2.24) is 0 Å². The van der Waals surface area contributed by atoms with E-state index in [1.165, 1.54) is 19.3 Å². The number of halogens is 2. The molecule has 2 atom stereocenters. The Morgan fingerprint density at radius 2 is 2.14 bits per heavy atom. The van der Waals surface area contributed by atoms with E-state index >= 15 is 0 Å². The Hall–Kier alpha value is 1.02. The van der Waals surface area contributed by atoms with Crippen LogP contribution in [-0.2, 0) is 0 Å². The highest BCUT2D eigenvalue weighted by Gasteiger charge is 2.19. The van der Waals surface area contributed by atoms with E-state index in [0.29, 0.717) is 5.38 Å². The summed E-state index contributed by atoms with van der Waals surface area (Å²) >= 11 is 8.26. The lowest BCUT2D eigenvalue weighted by Crippen LogP contribution is -1.89. The van der Waals surface area contributed by atoms with E-state index in [1.807, 2.05) is 0 Å². The third-order valence-corrected chi connectivity index (χ3v) is 2.83. The molecule has 1 aliphatic carbocycles. The lowest BCUT2D eigenvalue weighted by molar-refractivity contribution is 0.895. The quantitative estimate of drug-likeness (QED) is 0.443. The van der Waals surface area contributed by atoms with Crippen LogP contribution >= 0.6 is 34.2 Å². The zero-order chi connectivity index (χ0) is 5.28. The number of rotatable bonds is 0. The van der Waals surface area contributed by atoms with Gasteiger partial charge in [-0.05, 0) is 19.3 Å². The zero-order valence-electron chi connectivity index (χ0n) is 4.03. The fourth-order valence-electron chi connectivity index (χ4n) is 0.875. The molecule has 0 heterocycles. The highest BCUT2D eigenvalue weighted by molar-refractivity contribution is 14.1. The number of hydrogen-bond acceptors (Lipinski definition) is 0. The van der Waals surface area contributed by atoms with Gasteiger partial charge in [-0.25, -0.2) is 0 Å². The van der Waals surface area contributed by atoms with Crippen molar-refractivity contribution in [3.05, 3.63) is 0 Å². The van der Waals surface area contributed by atoms with Gasteiger partial charge in [0.1, 0.15) is 0 Å². The Bertz CT molecular complexity index is 57.1. The summed E-state index contributed by atoms with van der Waals surface area (Å²) in [6.45, 7) is 0. The second-order valence-corrected chi connectivity index (χ2v) is 4.39. The van der Waals surface area contributed by atoms with E-state index in [-0.39, 0.29) is 0 Å². The molecule has 0 nitrogen and oxygen atoms in total. The molecule has 2 heteroatoms. The molecule has 1 rings (SSSR count). The minimum atomic E-state index is 0.488. The van der Waals surface area contributed by atoms with Crippen molar-refractivity contribution in [3.8, 4) is 0 Å². The maximum Gasteiger partial charge on any atom is 0.0346 e. The minimum absolute atomic E-state index is 0.488. The standard InChI is InChI=1S/C5H8ClI/c6-4-1-2-5(7)3-4/h4-5H,1-3H2. The second kappa shape index (κ2) is 2.53. The number of alkyl halides is 2. The van der Waals surface area contributed by atoms with Crippen molar-refractivity contribution >= 4 is 34.2 Å². The fourth-order valence-corrected chi connectivity index (χ4v) is 2.49. The molecule has 0 aliphatic heterocycles. The maximum absolute atomic E-state index is 5.80. The van der Waals surface area contributed by atoms with Gasteiger partial charge >= 0.3 is 0 Å². The summed E-state index contributed by atoms with van der Waals surface area (Å²) in [7, 11) is 0. The second-order valence-electron chi connectivity index (χ2n) is 2.01. The first-order valence-electron chi connectivity index (χ1n) is 2.57. The van der Waals surface area contributed by atoms with Crippen LogP contribution in [0.1, 0.15) is 19.3 Å². The smallest absolute Gasteiger partial charge is 0.0346 e. The van der Waals surface area contributed by atoms with Gasteiger partial charge in [0.05, 0.1) is 0 Å². The van der Waals surface area contributed by atoms with Gasteiger partial charge in [0, 0.05) is 9.30 Å². The molecular formula is C5H8ClI. The molecule has 1 saturated carbocycles. The zero-order valence-corrected chi connectivity index (χ0v) is 6.95. The summed E-state index contributed by atoms with van der Waals surface area (Å²) in [5.74, 6) is 0. The molecule has 0 aromatic heterocycles. The van der Waals surface area contributed by atoms with Gasteiger partial charge in [0.15, 0.2) is 0 Å². The average molecular weight is 230 g/mol.